The maximum Gasteiger partial charge on any atom is 0.265 e. The van der Waals surface area contributed by atoms with Gasteiger partial charge < -0.3 is 14.6 Å². The summed E-state index contributed by atoms with van der Waals surface area (Å²) in [5.74, 6) is 2.51. The lowest BCUT2D eigenvalue weighted by Gasteiger charge is -2.46. The molecule has 3 fully saturated rings. The Morgan fingerprint density at radius 3 is 2.34 bits per heavy atom. The molecule has 2 bridgehead atoms. The molecule has 214 valence electrons. The van der Waals surface area contributed by atoms with Crippen LogP contribution in [0.3, 0.4) is 0 Å². The minimum atomic E-state index is -4.08. The molecule has 2 aliphatic heterocycles. The molecule has 5 atom stereocenters. The normalized spacial score (nSPS) is 31.9. The molecule has 1 aromatic rings. The van der Waals surface area contributed by atoms with Crippen molar-refractivity contribution in [2.45, 2.75) is 78.4 Å². The number of ether oxygens (including phenoxy) is 2. The third-order valence-electron chi connectivity index (χ3n) is 9.93. The maximum atomic E-state index is 11.9. The van der Waals surface area contributed by atoms with Crippen LogP contribution in [0, 0.1) is 28.6 Å². The molecule has 2 aliphatic carbocycles. The first kappa shape index (κ1) is 29.3. The predicted molar refractivity (Wildman–Crippen MR) is 146 cm³/mol. The summed E-state index contributed by atoms with van der Waals surface area (Å²) in [5.41, 5.74) is 1.51. The second-order valence-corrected chi connectivity index (χ2v) is 14.2. The van der Waals surface area contributed by atoms with E-state index < -0.39 is 21.3 Å². The van der Waals surface area contributed by atoms with E-state index in [1.807, 2.05) is 13.8 Å². The molecule has 2 N–H and O–H groups in total. The number of carbonyl (C=O) groups excluding carboxylic acids is 1. The van der Waals surface area contributed by atoms with Gasteiger partial charge in [0.25, 0.3) is 10.1 Å². The zero-order valence-electron chi connectivity index (χ0n) is 23.7. The van der Waals surface area contributed by atoms with E-state index in [0.29, 0.717) is 30.7 Å². The zero-order valence-corrected chi connectivity index (χ0v) is 24.5. The minimum absolute atomic E-state index is 0.0152. The third kappa shape index (κ3) is 5.36. The van der Waals surface area contributed by atoms with Crippen LogP contribution in [0.25, 0.3) is 0 Å². The van der Waals surface area contributed by atoms with Gasteiger partial charge in [-0.2, -0.15) is 8.42 Å². The average Bonchev–Trinajstić information content (AvgIpc) is 3.17. The number of benzene rings is 1. The van der Waals surface area contributed by atoms with Gasteiger partial charge in [-0.25, -0.2) is 0 Å². The second kappa shape index (κ2) is 10.7. The lowest BCUT2D eigenvalue weighted by Crippen LogP contribution is -2.48. The minimum Gasteiger partial charge on any atom is -0.493 e. The summed E-state index contributed by atoms with van der Waals surface area (Å²) in [4.78, 5) is 14.4. The highest BCUT2D eigenvalue weighted by molar-refractivity contribution is 7.85. The zero-order chi connectivity index (χ0) is 28.0. The lowest BCUT2D eigenvalue weighted by molar-refractivity contribution is -0.128. The van der Waals surface area contributed by atoms with Crippen molar-refractivity contribution in [1.82, 2.24) is 4.90 Å². The molecule has 38 heavy (non-hydrogen) atoms. The van der Waals surface area contributed by atoms with E-state index in [0.717, 1.165) is 50.3 Å². The highest BCUT2D eigenvalue weighted by atomic mass is 32.2. The number of methoxy groups -OCH3 is 2. The van der Waals surface area contributed by atoms with Crippen molar-refractivity contribution in [2.75, 3.05) is 33.1 Å². The van der Waals surface area contributed by atoms with Crippen molar-refractivity contribution >= 4 is 15.9 Å². The predicted octanol–water partition coefficient (Wildman–Crippen LogP) is 4.30. The molecule has 0 amide bonds. The second-order valence-electron chi connectivity index (χ2n) is 12.8. The Hall–Kier alpha value is -1.68. The number of hydrogen-bond acceptors (Lipinski definition) is 7. The van der Waals surface area contributed by atoms with Crippen LogP contribution in [0.4, 0.5) is 0 Å². The van der Waals surface area contributed by atoms with Crippen molar-refractivity contribution in [2.24, 2.45) is 28.6 Å². The van der Waals surface area contributed by atoms with Crippen LogP contribution < -0.4 is 9.47 Å². The Kier molecular flexibility index (Phi) is 8.26. The van der Waals surface area contributed by atoms with E-state index >= 15 is 0 Å². The first-order valence-corrected chi connectivity index (χ1v) is 15.5. The standard InChI is InChI=1S/C19H29NO3.C10H16O4S/c1-12(2)7-14-11-20-6-5-13-8-18(22-3)19(23-4)9-15(13)16(20)10-17(14)21;1-9(2)7-3-4-10(9,8(11)5-7)6-15(12,13)14/h8-9,12,14,16-17,21H,5-7,10-11H2,1-4H3;7H,3-6H2,1-2H3,(H,12,13,14)/t14-,16-,17-;7?,10-/m11/s1. The Bertz CT molecular complexity index is 1150. The number of hydrogen-bond donors (Lipinski definition) is 2. The van der Waals surface area contributed by atoms with Crippen LogP contribution in [0.1, 0.15) is 77.0 Å². The molecule has 9 heteroatoms. The van der Waals surface area contributed by atoms with Crippen molar-refractivity contribution in [3.05, 3.63) is 23.3 Å². The largest absolute Gasteiger partial charge is 0.493 e. The summed E-state index contributed by atoms with van der Waals surface area (Å²) in [6, 6.07) is 4.52. The number of rotatable bonds is 6. The molecule has 1 saturated heterocycles. The fourth-order valence-electron chi connectivity index (χ4n) is 7.68. The quantitative estimate of drug-likeness (QED) is 0.503. The van der Waals surface area contributed by atoms with Crippen LogP contribution >= 0.6 is 0 Å². The van der Waals surface area contributed by atoms with Crippen LogP contribution in [-0.2, 0) is 21.3 Å². The van der Waals surface area contributed by atoms with Gasteiger partial charge in [0, 0.05) is 25.6 Å². The molecule has 2 heterocycles. The summed E-state index contributed by atoms with van der Waals surface area (Å²) in [5, 5.41) is 10.6. The average molecular weight is 552 g/mol. The SMILES string of the molecule is CC1(C)C2CC[C@@]1(CS(=O)(=O)O)C(=O)C2.COc1cc2c(cc1OC)[C@H]1C[C@@H](O)[C@H](CC(C)C)CN1CC2. The van der Waals surface area contributed by atoms with E-state index in [4.69, 9.17) is 14.0 Å². The summed E-state index contributed by atoms with van der Waals surface area (Å²) in [6.07, 6.45) is 4.72. The molecule has 2 saturated carbocycles. The number of fused-ring (bicyclic) bond motifs is 5. The number of ketones is 1. The third-order valence-corrected chi connectivity index (χ3v) is 10.8. The van der Waals surface area contributed by atoms with Crippen molar-refractivity contribution in [1.29, 1.82) is 0 Å². The van der Waals surface area contributed by atoms with E-state index in [2.05, 4.69) is 30.9 Å². The first-order valence-electron chi connectivity index (χ1n) is 13.9. The smallest absolute Gasteiger partial charge is 0.265 e. The van der Waals surface area contributed by atoms with Gasteiger partial charge in [-0.1, -0.05) is 27.7 Å². The van der Waals surface area contributed by atoms with Crippen LogP contribution in [0.5, 0.6) is 11.5 Å². The Morgan fingerprint density at radius 2 is 1.82 bits per heavy atom. The topological polar surface area (TPSA) is 113 Å². The number of carbonyl (C=O) groups is 1. The van der Waals surface area contributed by atoms with Gasteiger partial charge in [-0.05, 0) is 78.5 Å². The summed E-state index contributed by atoms with van der Waals surface area (Å²) >= 11 is 0. The molecule has 8 nitrogen and oxygen atoms in total. The monoisotopic (exact) mass is 551 g/mol. The van der Waals surface area contributed by atoms with Gasteiger partial charge >= 0.3 is 0 Å². The molecule has 0 spiro atoms. The Morgan fingerprint density at radius 1 is 1.16 bits per heavy atom. The van der Waals surface area contributed by atoms with E-state index in [1.54, 1.807) is 14.2 Å². The molecular formula is C29H45NO7S. The molecule has 5 rings (SSSR count). The van der Waals surface area contributed by atoms with Gasteiger partial charge in [-0.15, -0.1) is 0 Å². The van der Waals surface area contributed by atoms with Crippen LogP contribution in [-0.4, -0.2) is 67.9 Å². The Balaban J connectivity index is 0.000000194. The highest BCUT2D eigenvalue weighted by Gasteiger charge is 2.65. The number of Topliss-reactive ketones (excluding diaryl/α,β-unsaturated/α-hetero) is 1. The van der Waals surface area contributed by atoms with Gasteiger partial charge in [0.2, 0.25) is 0 Å². The van der Waals surface area contributed by atoms with E-state index in [1.165, 1.54) is 11.1 Å². The molecule has 0 aromatic heterocycles. The van der Waals surface area contributed by atoms with Gasteiger partial charge in [0.1, 0.15) is 5.78 Å². The molecule has 1 aromatic carbocycles. The summed E-state index contributed by atoms with van der Waals surface area (Å²) < 4.78 is 41.9. The molecule has 0 radical (unpaired) electrons. The number of nitrogens with zero attached hydrogens (tertiary/aromatic N) is 1. The van der Waals surface area contributed by atoms with Gasteiger partial charge in [-0.3, -0.25) is 14.2 Å². The highest BCUT2D eigenvalue weighted by Crippen LogP contribution is 2.64. The molecule has 4 aliphatic rings. The summed E-state index contributed by atoms with van der Waals surface area (Å²) in [7, 11) is -0.716. The maximum absolute atomic E-state index is 11.9. The fourth-order valence-corrected chi connectivity index (χ4v) is 8.98. The van der Waals surface area contributed by atoms with E-state index in [-0.39, 0.29) is 23.2 Å². The van der Waals surface area contributed by atoms with Gasteiger partial charge in [0.15, 0.2) is 11.5 Å². The first-order chi connectivity index (χ1) is 17.7. The lowest BCUT2D eigenvalue weighted by atomic mass is 9.70. The molecule has 1 unspecified atom stereocenters. The fraction of sp³-hybridized carbons (Fsp3) is 0.759. The molecular weight excluding hydrogens is 506 g/mol. The summed E-state index contributed by atoms with van der Waals surface area (Å²) in [6.45, 7) is 10.4. The number of aliphatic hydroxyl groups excluding tert-OH is 1. The Labute approximate surface area is 227 Å². The van der Waals surface area contributed by atoms with Gasteiger partial charge in [0.05, 0.1) is 31.5 Å². The van der Waals surface area contributed by atoms with Crippen LogP contribution in [0.15, 0.2) is 12.1 Å². The number of piperidine rings is 1. The van der Waals surface area contributed by atoms with Crippen molar-refractivity contribution < 1.29 is 32.3 Å². The van der Waals surface area contributed by atoms with Crippen molar-refractivity contribution in [3.63, 3.8) is 0 Å². The van der Waals surface area contributed by atoms with Crippen LogP contribution in [0.2, 0.25) is 0 Å². The van der Waals surface area contributed by atoms with E-state index in [9.17, 15) is 18.3 Å². The number of aliphatic hydroxyl groups is 1. The van der Waals surface area contributed by atoms with Crippen molar-refractivity contribution in [3.8, 4) is 11.5 Å².